The number of rotatable bonds is 4. The minimum absolute atomic E-state index is 0.0484. The Kier molecular flexibility index (Phi) is 7.01. The summed E-state index contributed by atoms with van der Waals surface area (Å²) in [7, 11) is 0. The molecule has 1 aliphatic heterocycles. The number of aromatic nitrogens is 1. The molecule has 33 heavy (non-hydrogen) atoms. The lowest BCUT2D eigenvalue weighted by atomic mass is 9.76. The molecule has 2 aliphatic rings. The summed E-state index contributed by atoms with van der Waals surface area (Å²) in [5.74, 6) is 0.206. The molecule has 0 unspecified atom stereocenters. The molecule has 1 aromatic heterocycles. The molecule has 2 heterocycles. The van der Waals surface area contributed by atoms with E-state index >= 15 is 0 Å². The number of amides is 2. The summed E-state index contributed by atoms with van der Waals surface area (Å²) in [4.78, 5) is 31.7. The normalized spacial score (nSPS) is 23.4. The molecule has 1 N–H and O–H groups in total. The molecule has 6 nitrogen and oxygen atoms in total. The van der Waals surface area contributed by atoms with Gasteiger partial charge in [0.1, 0.15) is 5.60 Å². The van der Waals surface area contributed by atoms with Crippen LogP contribution in [0.25, 0.3) is 0 Å². The van der Waals surface area contributed by atoms with E-state index in [9.17, 15) is 22.8 Å². The van der Waals surface area contributed by atoms with Crippen molar-refractivity contribution in [1.29, 1.82) is 0 Å². The van der Waals surface area contributed by atoms with E-state index < -0.39 is 28.8 Å². The number of halogens is 3. The highest BCUT2D eigenvalue weighted by Gasteiger charge is 2.48. The zero-order valence-electron chi connectivity index (χ0n) is 20.0. The van der Waals surface area contributed by atoms with Crippen molar-refractivity contribution in [3.05, 3.63) is 29.1 Å². The quantitative estimate of drug-likeness (QED) is 0.666. The van der Waals surface area contributed by atoms with E-state index in [0.717, 1.165) is 12.3 Å². The topological polar surface area (TPSA) is 71.5 Å². The minimum atomic E-state index is -4.47. The van der Waals surface area contributed by atoms with Crippen LogP contribution < -0.4 is 5.32 Å². The molecular formula is C24H34F3N3O3. The number of carbonyl (C=O) groups excluding carboxylic acids is 2. The lowest BCUT2D eigenvalue weighted by Gasteiger charge is -2.38. The van der Waals surface area contributed by atoms with E-state index in [2.05, 4.69) is 24.1 Å². The Morgan fingerprint density at radius 2 is 2.00 bits per heavy atom. The van der Waals surface area contributed by atoms with Gasteiger partial charge >= 0.3 is 12.3 Å². The molecular weight excluding hydrogens is 435 g/mol. The zero-order valence-corrected chi connectivity index (χ0v) is 20.0. The Bertz CT molecular complexity index is 895. The van der Waals surface area contributed by atoms with Gasteiger partial charge in [-0.25, -0.2) is 4.79 Å². The fourth-order valence-electron chi connectivity index (χ4n) is 5.06. The van der Waals surface area contributed by atoms with Crippen LogP contribution in [0.2, 0.25) is 0 Å². The summed E-state index contributed by atoms with van der Waals surface area (Å²) >= 11 is 0. The number of carbonyl (C=O) groups is 2. The van der Waals surface area contributed by atoms with Crippen molar-refractivity contribution in [1.82, 2.24) is 15.2 Å². The van der Waals surface area contributed by atoms with Gasteiger partial charge in [0.15, 0.2) is 0 Å². The van der Waals surface area contributed by atoms with E-state index in [1.54, 1.807) is 25.7 Å². The van der Waals surface area contributed by atoms with E-state index in [0.29, 0.717) is 49.9 Å². The van der Waals surface area contributed by atoms with E-state index in [-0.39, 0.29) is 24.4 Å². The first-order valence-electron chi connectivity index (χ1n) is 11.5. The van der Waals surface area contributed by atoms with Crippen LogP contribution in [0.15, 0.2) is 12.3 Å². The average molecular weight is 470 g/mol. The monoisotopic (exact) mass is 469 g/mol. The number of alkyl carbamates (subject to hydrolysis) is 1. The van der Waals surface area contributed by atoms with Gasteiger partial charge < -0.3 is 15.0 Å². The molecule has 0 spiro atoms. The van der Waals surface area contributed by atoms with Gasteiger partial charge in [-0.1, -0.05) is 13.8 Å². The third-order valence-corrected chi connectivity index (χ3v) is 6.24. The molecule has 2 amide bonds. The van der Waals surface area contributed by atoms with Crippen molar-refractivity contribution >= 4 is 12.0 Å². The summed E-state index contributed by atoms with van der Waals surface area (Å²) in [5.41, 5.74) is -1.00. The van der Waals surface area contributed by atoms with Crippen molar-refractivity contribution < 1.29 is 27.5 Å². The largest absolute Gasteiger partial charge is 0.444 e. The molecule has 184 valence electrons. The van der Waals surface area contributed by atoms with Crippen molar-refractivity contribution in [2.24, 2.45) is 11.3 Å². The molecule has 2 atom stereocenters. The standard InChI is InChI=1S/C24H34F3N3O3/c1-15(2)11-23(8-6-18(12-23)29-21(32)33-22(3,4)5)20(31)30-9-7-19-16(14-30)10-17(13-28-19)24(25,26)27/h10,13,15,18H,6-9,11-12,14H2,1-5H3,(H,29,32)/t18-,23-/m1/s1. The van der Waals surface area contributed by atoms with Gasteiger partial charge in [0.2, 0.25) is 5.91 Å². The zero-order chi connectivity index (χ0) is 24.6. The van der Waals surface area contributed by atoms with Crippen molar-refractivity contribution in [3.8, 4) is 0 Å². The summed E-state index contributed by atoms with van der Waals surface area (Å²) in [5, 5.41) is 2.89. The number of alkyl halides is 3. The molecule has 0 bridgehead atoms. The minimum Gasteiger partial charge on any atom is -0.444 e. The highest BCUT2D eigenvalue weighted by molar-refractivity contribution is 5.83. The Balaban J connectivity index is 1.76. The second-order valence-corrected chi connectivity index (χ2v) is 10.8. The second-order valence-electron chi connectivity index (χ2n) is 10.8. The molecule has 1 saturated carbocycles. The van der Waals surface area contributed by atoms with E-state index in [1.165, 1.54) is 0 Å². The summed E-state index contributed by atoms with van der Waals surface area (Å²) < 4.78 is 44.8. The molecule has 1 fully saturated rings. The van der Waals surface area contributed by atoms with Crippen LogP contribution in [-0.4, -0.2) is 40.1 Å². The lowest BCUT2D eigenvalue weighted by Crippen LogP contribution is -2.47. The molecule has 0 radical (unpaired) electrons. The Morgan fingerprint density at radius 3 is 2.61 bits per heavy atom. The van der Waals surface area contributed by atoms with Gasteiger partial charge in [0.05, 0.1) is 11.0 Å². The Labute approximate surface area is 193 Å². The van der Waals surface area contributed by atoms with Crippen LogP contribution in [-0.2, 0) is 28.7 Å². The predicted octanol–water partition coefficient (Wildman–Crippen LogP) is 5.09. The number of fused-ring (bicyclic) bond motifs is 1. The maximum atomic E-state index is 13.7. The number of hydrogen-bond donors (Lipinski definition) is 1. The molecule has 0 saturated heterocycles. The molecule has 9 heteroatoms. The fourth-order valence-corrected chi connectivity index (χ4v) is 5.06. The average Bonchev–Trinajstić information content (AvgIpc) is 3.06. The Hall–Kier alpha value is -2.32. The van der Waals surface area contributed by atoms with E-state index in [4.69, 9.17) is 4.74 Å². The molecule has 3 rings (SSSR count). The number of ether oxygens (including phenoxy) is 1. The van der Waals surface area contributed by atoms with Gasteiger partial charge in [-0.15, -0.1) is 0 Å². The first-order valence-corrected chi connectivity index (χ1v) is 11.5. The second kappa shape index (κ2) is 9.14. The van der Waals surface area contributed by atoms with Crippen LogP contribution in [0, 0.1) is 11.3 Å². The smallest absolute Gasteiger partial charge is 0.417 e. The molecule has 0 aromatic carbocycles. The van der Waals surface area contributed by atoms with Crippen molar-refractivity contribution in [2.45, 2.75) is 91.1 Å². The van der Waals surface area contributed by atoms with Gasteiger partial charge in [0.25, 0.3) is 0 Å². The van der Waals surface area contributed by atoms with Crippen molar-refractivity contribution in [2.75, 3.05) is 6.54 Å². The molecule has 1 aliphatic carbocycles. The van der Waals surface area contributed by atoms with Gasteiger partial charge in [-0.3, -0.25) is 9.78 Å². The number of nitrogens with one attached hydrogen (secondary N) is 1. The number of pyridine rings is 1. The van der Waals surface area contributed by atoms with Crippen molar-refractivity contribution in [3.63, 3.8) is 0 Å². The summed E-state index contributed by atoms with van der Waals surface area (Å²) in [6.07, 6.45) is -1.26. The third-order valence-electron chi connectivity index (χ3n) is 6.24. The fraction of sp³-hybridized carbons (Fsp3) is 0.708. The summed E-state index contributed by atoms with van der Waals surface area (Å²) in [6.45, 7) is 10.0. The predicted molar refractivity (Wildman–Crippen MR) is 117 cm³/mol. The summed E-state index contributed by atoms with van der Waals surface area (Å²) in [6, 6.07) is 0.927. The van der Waals surface area contributed by atoms with Crippen LogP contribution >= 0.6 is 0 Å². The first-order chi connectivity index (χ1) is 15.2. The first kappa shape index (κ1) is 25.3. The highest BCUT2D eigenvalue weighted by atomic mass is 19.4. The van der Waals surface area contributed by atoms with Gasteiger partial charge in [-0.2, -0.15) is 13.2 Å². The Morgan fingerprint density at radius 1 is 1.30 bits per heavy atom. The van der Waals surface area contributed by atoms with Crippen LogP contribution in [0.1, 0.15) is 77.1 Å². The van der Waals surface area contributed by atoms with Crippen LogP contribution in [0.3, 0.4) is 0 Å². The maximum absolute atomic E-state index is 13.7. The van der Waals surface area contributed by atoms with E-state index in [1.807, 2.05) is 0 Å². The number of hydrogen-bond acceptors (Lipinski definition) is 4. The SMILES string of the molecule is CC(C)C[C@]1(C(=O)N2CCc3ncc(C(F)(F)F)cc3C2)CC[C@@H](NC(=O)OC(C)(C)C)C1. The number of nitrogens with zero attached hydrogens (tertiary/aromatic N) is 2. The maximum Gasteiger partial charge on any atom is 0.417 e. The van der Waals surface area contributed by atoms with Crippen LogP contribution in [0.5, 0.6) is 0 Å². The van der Waals surface area contributed by atoms with Gasteiger partial charge in [0, 0.05) is 37.4 Å². The highest BCUT2D eigenvalue weighted by Crippen LogP contribution is 2.45. The van der Waals surface area contributed by atoms with Crippen LogP contribution in [0.4, 0.5) is 18.0 Å². The third kappa shape index (κ3) is 6.18. The molecule has 1 aromatic rings. The van der Waals surface area contributed by atoms with Gasteiger partial charge in [-0.05, 0) is 64.0 Å². The lowest BCUT2D eigenvalue weighted by molar-refractivity contribution is -0.144.